The highest BCUT2D eigenvalue weighted by Crippen LogP contribution is 2.15. The number of rotatable bonds is 5. The topological polar surface area (TPSA) is 32.3 Å². The number of halogens is 2. The van der Waals surface area contributed by atoms with Gasteiger partial charge in [0.25, 0.3) is 5.91 Å². The standard InChI is InChI=1S/C14H20ClFN2O/c1-9(2)13(8-18(3)4)17-14(19)11-7-10(15)5-6-12(11)16/h5-7,9,13H,8H2,1-4H3,(H,17,19). The third-order valence-corrected chi connectivity index (χ3v) is 3.09. The zero-order valence-corrected chi connectivity index (χ0v) is 12.5. The van der Waals surface area contributed by atoms with Gasteiger partial charge in [0.15, 0.2) is 0 Å². The van der Waals surface area contributed by atoms with E-state index in [0.29, 0.717) is 11.6 Å². The second-order valence-corrected chi connectivity index (χ2v) is 5.65. The summed E-state index contributed by atoms with van der Waals surface area (Å²) >= 11 is 5.79. The van der Waals surface area contributed by atoms with Gasteiger partial charge >= 0.3 is 0 Å². The molecule has 0 heterocycles. The zero-order valence-electron chi connectivity index (χ0n) is 11.7. The number of hydrogen-bond donors (Lipinski definition) is 1. The first-order valence-corrected chi connectivity index (χ1v) is 6.59. The minimum atomic E-state index is -0.561. The summed E-state index contributed by atoms with van der Waals surface area (Å²) in [5.74, 6) is -0.733. The molecule has 1 unspecified atom stereocenters. The van der Waals surface area contributed by atoms with E-state index in [0.717, 1.165) is 0 Å². The highest BCUT2D eigenvalue weighted by molar-refractivity contribution is 6.31. The van der Waals surface area contributed by atoms with Crippen molar-refractivity contribution < 1.29 is 9.18 Å². The van der Waals surface area contributed by atoms with Gasteiger partial charge in [0.1, 0.15) is 5.82 Å². The molecule has 0 fully saturated rings. The minimum Gasteiger partial charge on any atom is -0.348 e. The van der Waals surface area contributed by atoms with Crippen molar-refractivity contribution >= 4 is 17.5 Å². The van der Waals surface area contributed by atoms with Gasteiger partial charge in [-0.1, -0.05) is 25.4 Å². The van der Waals surface area contributed by atoms with Gasteiger partial charge in [0.05, 0.1) is 5.56 Å². The molecular weight excluding hydrogens is 267 g/mol. The molecule has 106 valence electrons. The van der Waals surface area contributed by atoms with Crippen LogP contribution in [-0.2, 0) is 0 Å². The van der Waals surface area contributed by atoms with Gasteiger partial charge in [-0.3, -0.25) is 4.79 Å². The lowest BCUT2D eigenvalue weighted by atomic mass is 10.0. The third-order valence-electron chi connectivity index (χ3n) is 2.86. The van der Waals surface area contributed by atoms with E-state index in [9.17, 15) is 9.18 Å². The summed E-state index contributed by atoms with van der Waals surface area (Å²) in [4.78, 5) is 14.1. The number of amides is 1. The summed E-state index contributed by atoms with van der Waals surface area (Å²) in [5.41, 5.74) is -0.0168. The second kappa shape index (κ2) is 6.87. The highest BCUT2D eigenvalue weighted by atomic mass is 35.5. The van der Waals surface area contributed by atoms with Crippen LogP contribution in [0.3, 0.4) is 0 Å². The van der Waals surface area contributed by atoms with Gasteiger partial charge in [-0.05, 0) is 38.2 Å². The Morgan fingerprint density at radius 2 is 2.05 bits per heavy atom. The number of hydrogen-bond acceptors (Lipinski definition) is 2. The van der Waals surface area contributed by atoms with Crippen LogP contribution in [0.15, 0.2) is 18.2 Å². The van der Waals surface area contributed by atoms with Crippen LogP contribution in [0, 0.1) is 11.7 Å². The molecule has 1 amide bonds. The molecule has 0 aromatic heterocycles. The van der Waals surface area contributed by atoms with Crippen LogP contribution in [0.25, 0.3) is 0 Å². The van der Waals surface area contributed by atoms with E-state index >= 15 is 0 Å². The monoisotopic (exact) mass is 286 g/mol. The van der Waals surface area contributed by atoms with Crippen LogP contribution < -0.4 is 5.32 Å². The Kier molecular flexibility index (Phi) is 5.76. The first kappa shape index (κ1) is 15.9. The Morgan fingerprint density at radius 3 is 2.58 bits per heavy atom. The molecule has 0 saturated carbocycles. The lowest BCUT2D eigenvalue weighted by Gasteiger charge is -2.25. The van der Waals surface area contributed by atoms with Crippen molar-refractivity contribution in [2.24, 2.45) is 5.92 Å². The van der Waals surface area contributed by atoms with Crippen molar-refractivity contribution in [2.75, 3.05) is 20.6 Å². The first-order chi connectivity index (χ1) is 8.81. The molecule has 1 atom stereocenters. The molecule has 1 N–H and O–H groups in total. The number of likely N-dealkylation sites (N-methyl/N-ethyl adjacent to an activating group) is 1. The normalized spacial score (nSPS) is 12.8. The zero-order chi connectivity index (χ0) is 14.6. The van der Waals surface area contributed by atoms with E-state index in [4.69, 9.17) is 11.6 Å². The first-order valence-electron chi connectivity index (χ1n) is 6.22. The minimum absolute atomic E-state index is 0.0168. The van der Waals surface area contributed by atoms with E-state index in [1.807, 2.05) is 32.8 Å². The van der Waals surface area contributed by atoms with Crippen LogP contribution in [0.5, 0.6) is 0 Å². The Morgan fingerprint density at radius 1 is 1.42 bits per heavy atom. The maximum absolute atomic E-state index is 13.6. The van der Waals surface area contributed by atoms with Gasteiger partial charge in [-0.2, -0.15) is 0 Å². The number of carbonyl (C=O) groups excluding carboxylic acids is 1. The molecular formula is C14H20ClFN2O. The number of benzene rings is 1. The van der Waals surface area contributed by atoms with Crippen molar-refractivity contribution in [3.05, 3.63) is 34.6 Å². The average molecular weight is 287 g/mol. The van der Waals surface area contributed by atoms with E-state index in [1.54, 1.807) is 0 Å². The Bertz CT molecular complexity index is 449. The predicted octanol–water partition coefficient (Wildman–Crippen LogP) is 2.80. The molecule has 19 heavy (non-hydrogen) atoms. The summed E-state index contributed by atoms with van der Waals surface area (Å²) in [6, 6.07) is 3.93. The SMILES string of the molecule is CC(C)C(CN(C)C)NC(=O)c1cc(Cl)ccc1F. The maximum atomic E-state index is 13.6. The van der Waals surface area contributed by atoms with Gasteiger partial charge in [0.2, 0.25) is 0 Å². The fraction of sp³-hybridized carbons (Fsp3) is 0.500. The Hall–Kier alpha value is -1.13. The Labute approximate surface area is 118 Å². The number of carbonyl (C=O) groups is 1. The number of nitrogens with zero attached hydrogens (tertiary/aromatic N) is 1. The quantitative estimate of drug-likeness (QED) is 0.903. The summed E-state index contributed by atoms with van der Waals surface area (Å²) in [6.45, 7) is 4.73. The largest absolute Gasteiger partial charge is 0.348 e. The summed E-state index contributed by atoms with van der Waals surface area (Å²) in [7, 11) is 3.86. The fourth-order valence-corrected chi connectivity index (χ4v) is 1.91. The lowest BCUT2D eigenvalue weighted by molar-refractivity contribution is 0.0912. The van der Waals surface area contributed by atoms with Crippen LogP contribution in [0.4, 0.5) is 4.39 Å². The van der Waals surface area contributed by atoms with Crippen molar-refractivity contribution in [2.45, 2.75) is 19.9 Å². The molecule has 0 aliphatic heterocycles. The van der Waals surface area contributed by atoms with Crippen molar-refractivity contribution in [1.29, 1.82) is 0 Å². The Balaban J connectivity index is 2.84. The molecule has 0 radical (unpaired) electrons. The van der Waals surface area contributed by atoms with Gasteiger partial charge in [-0.25, -0.2) is 4.39 Å². The van der Waals surface area contributed by atoms with E-state index in [2.05, 4.69) is 5.32 Å². The average Bonchev–Trinajstić information content (AvgIpc) is 2.30. The molecule has 0 aliphatic rings. The molecule has 0 saturated heterocycles. The van der Waals surface area contributed by atoms with Crippen molar-refractivity contribution in [3.8, 4) is 0 Å². The van der Waals surface area contributed by atoms with Crippen molar-refractivity contribution in [1.82, 2.24) is 10.2 Å². The van der Waals surface area contributed by atoms with Crippen LogP contribution in [-0.4, -0.2) is 37.5 Å². The molecule has 0 bridgehead atoms. The molecule has 5 heteroatoms. The summed E-state index contributed by atoms with van der Waals surface area (Å²) in [6.07, 6.45) is 0. The number of nitrogens with one attached hydrogen (secondary N) is 1. The molecule has 3 nitrogen and oxygen atoms in total. The van der Waals surface area contributed by atoms with E-state index in [-0.39, 0.29) is 17.5 Å². The molecule has 0 aliphatic carbocycles. The second-order valence-electron chi connectivity index (χ2n) is 5.21. The lowest BCUT2D eigenvalue weighted by Crippen LogP contribution is -2.45. The molecule has 0 spiro atoms. The van der Waals surface area contributed by atoms with Crippen molar-refractivity contribution in [3.63, 3.8) is 0 Å². The van der Waals surface area contributed by atoms with Gasteiger partial charge in [0, 0.05) is 17.6 Å². The van der Waals surface area contributed by atoms with Crippen LogP contribution >= 0.6 is 11.6 Å². The van der Waals surface area contributed by atoms with Gasteiger partial charge < -0.3 is 10.2 Å². The van der Waals surface area contributed by atoms with Crippen LogP contribution in [0.1, 0.15) is 24.2 Å². The van der Waals surface area contributed by atoms with Gasteiger partial charge in [-0.15, -0.1) is 0 Å². The van der Waals surface area contributed by atoms with E-state index in [1.165, 1.54) is 18.2 Å². The molecule has 1 aromatic rings. The van der Waals surface area contributed by atoms with Crippen LogP contribution in [0.2, 0.25) is 5.02 Å². The fourth-order valence-electron chi connectivity index (χ4n) is 1.73. The predicted molar refractivity (Wildman–Crippen MR) is 76.1 cm³/mol. The molecule has 1 aromatic carbocycles. The highest BCUT2D eigenvalue weighted by Gasteiger charge is 2.20. The van der Waals surface area contributed by atoms with E-state index < -0.39 is 11.7 Å². The summed E-state index contributed by atoms with van der Waals surface area (Å²) in [5, 5.41) is 3.20. The third kappa shape index (κ3) is 4.80. The summed E-state index contributed by atoms with van der Waals surface area (Å²) < 4.78 is 13.6. The smallest absolute Gasteiger partial charge is 0.254 e. The maximum Gasteiger partial charge on any atom is 0.254 e. The molecule has 1 rings (SSSR count).